The van der Waals surface area contributed by atoms with Crippen molar-refractivity contribution in [2.75, 3.05) is 23.3 Å². The second-order valence-corrected chi connectivity index (χ2v) is 11.9. The van der Waals surface area contributed by atoms with Gasteiger partial charge in [0.1, 0.15) is 0 Å². The number of allylic oxidation sites excluding steroid dienone is 1. The average Bonchev–Trinajstić information content (AvgIpc) is 2.93. The zero-order valence-corrected chi connectivity index (χ0v) is 22.7. The Hall–Kier alpha value is -2.34. The number of ketones is 1. The summed E-state index contributed by atoms with van der Waals surface area (Å²) >= 11 is 12.9. The molecule has 1 saturated heterocycles. The van der Waals surface area contributed by atoms with Crippen LogP contribution in [0.3, 0.4) is 0 Å². The lowest BCUT2D eigenvalue weighted by Crippen LogP contribution is -2.38. The number of piperidine rings is 1. The molecular weight excluding hydrogens is 493 g/mol. The first-order valence-corrected chi connectivity index (χ1v) is 13.5. The van der Waals surface area contributed by atoms with Crippen LogP contribution in [0.5, 0.6) is 0 Å². The number of nitrogens with zero attached hydrogens (tertiary/aromatic N) is 2. The molecule has 1 aliphatic carbocycles. The summed E-state index contributed by atoms with van der Waals surface area (Å²) in [5, 5.41) is 4.57. The molecule has 3 aliphatic rings. The van der Waals surface area contributed by atoms with Gasteiger partial charge in [0.05, 0.1) is 17.4 Å². The second-order valence-electron chi connectivity index (χ2n) is 11.1. The van der Waals surface area contributed by atoms with Gasteiger partial charge < -0.3 is 5.32 Å². The molecule has 0 aromatic heterocycles. The van der Waals surface area contributed by atoms with Crippen LogP contribution in [0.25, 0.3) is 0 Å². The van der Waals surface area contributed by atoms with Crippen molar-refractivity contribution < 1.29 is 9.59 Å². The van der Waals surface area contributed by atoms with Gasteiger partial charge >= 0.3 is 0 Å². The number of benzene rings is 2. The van der Waals surface area contributed by atoms with Crippen molar-refractivity contribution in [3.8, 4) is 0 Å². The number of hydrogen-bond donors (Lipinski definition) is 1. The summed E-state index contributed by atoms with van der Waals surface area (Å²) in [6.07, 6.45) is 4.89. The molecule has 0 spiro atoms. The molecule has 36 heavy (non-hydrogen) atoms. The highest BCUT2D eigenvalue weighted by atomic mass is 35.5. The van der Waals surface area contributed by atoms with Crippen LogP contribution < -0.4 is 10.2 Å². The number of hydrogen-bond acceptors (Lipinski definition) is 4. The van der Waals surface area contributed by atoms with Crippen molar-refractivity contribution >= 4 is 46.3 Å². The van der Waals surface area contributed by atoms with E-state index in [0.717, 1.165) is 36.7 Å². The van der Waals surface area contributed by atoms with Gasteiger partial charge in [-0.3, -0.25) is 19.4 Å². The molecule has 2 aromatic carbocycles. The van der Waals surface area contributed by atoms with Crippen molar-refractivity contribution in [2.24, 2.45) is 5.41 Å². The van der Waals surface area contributed by atoms with Crippen LogP contribution in [0.15, 0.2) is 47.7 Å². The quantitative estimate of drug-likeness (QED) is 0.462. The van der Waals surface area contributed by atoms with E-state index in [4.69, 9.17) is 23.2 Å². The third kappa shape index (κ3) is 4.93. The zero-order valence-electron chi connectivity index (χ0n) is 21.2. The summed E-state index contributed by atoms with van der Waals surface area (Å²) in [6, 6.07) is 10.9. The number of carbonyl (C=O) groups is 2. The molecule has 190 valence electrons. The van der Waals surface area contributed by atoms with Crippen LogP contribution in [0, 0.1) is 5.41 Å². The lowest BCUT2D eigenvalue weighted by Gasteiger charge is -2.37. The van der Waals surface area contributed by atoms with Crippen LogP contribution >= 0.6 is 23.2 Å². The molecule has 0 bridgehead atoms. The van der Waals surface area contributed by atoms with E-state index in [9.17, 15) is 9.59 Å². The Labute approximate surface area is 223 Å². The molecule has 0 radical (unpaired) electrons. The molecule has 2 aromatic rings. The van der Waals surface area contributed by atoms with Gasteiger partial charge in [-0.05, 0) is 73.2 Å². The monoisotopic (exact) mass is 525 g/mol. The van der Waals surface area contributed by atoms with Crippen molar-refractivity contribution in [3.05, 3.63) is 68.8 Å². The summed E-state index contributed by atoms with van der Waals surface area (Å²) in [7, 11) is 0. The van der Waals surface area contributed by atoms with Gasteiger partial charge in [-0.25, -0.2) is 0 Å². The number of rotatable bonds is 3. The smallest absolute Gasteiger partial charge is 0.224 e. The van der Waals surface area contributed by atoms with E-state index in [1.807, 2.05) is 12.1 Å². The summed E-state index contributed by atoms with van der Waals surface area (Å²) in [6.45, 7) is 8.87. The number of fused-ring (bicyclic) bond motifs is 1. The first kappa shape index (κ1) is 25.3. The minimum absolute atomic E-state index is 0.0392. The fourth-order valence-electron chi connectivity index (χ4n) is 5.93. The highest BCUT2D eigenvalue weighted by Crippen LogP contribution is 2.49. The molecule has 5 rings (SSSR count). The van der Waals surface area contributed by atoms with Crippen LogP contribution in [0.1, 0.15) is 70.0 Å². The van der Waals surface area contributed by atoms with Crippen LogP contribution in [-0.2, 0) is 16.1 Å². The van der Waals surface area contributed by atoms with Crippen molar-refractivity contribution in [2.45, 2.75) is 65.5 Å². The highest BCUT2D eigenvalue weighted by Gasteiger charge is 2.43. The number of nitrogens with one attached hydrogen (secondary N) is 1. The maximum atomic E-state index is 13.7. The van der Waals surface area contributed by atoms with E-state index in [-0.39, 0.29) is 17.1 Å². The molecule has 1 amide bonds. The Bertz CT molecular complexity index is 1250. The van der Waals surface area contributed by atoms with E-state index in [0.29, 0.717) is 34.0 Å². The Morgan fingerprint density at radius 3 is 2.50 bits per heavy atom. The number of carbonyl (C=O) groups excluding carboxylic acids is 2. The number of halogens is 2. The molecule has 1 fully saturated rings. The van der Waals surface area contributed by atoms with Crippen molar-refractivity contribution in [1.82, 2.24) is 4.90 Å². The van der Waals surface area contributed by atoms with Crippen LogP contribution in [0.2, 0.25) is 10.0 Å². The zero-order chi connectivity index (χ0) is 25.6. The lowest BCUT2D eigenvalue weighted by atomic mass is 9.73. The van der Waals surface area contributed by atoms with Gasteiger partial charge in [0.15, 0.2) is 5.78 Å². The molecule has 1 atom stereocenters. The largest absolute Gasteiger partial charge is 0.357 e. The standard InChI is InChI=1S/C29H33Cl2N3O2/c1-18(35)34-25-10-7-19(17-33-11-5-4-6-12-33)13-23(25)32-24-15-29(2,3)16-26(36)27(24)28(34)21-9-8-20(30)14-22(21)31/h7-10,13-14,28,32H,4-6,11-12,15-17H2,1-3H3. The number of likely N-dealkylation sites (tertiary alicyclic amines) is 1. The van der Waals surface area contributed by atoms with Gasteiger partial charge in [0.25, 0.3) is 0 Å². The van der Waals surface area contributed by atoms with E-state index in [1.54, 1.807) is 24.0 Å². The molecule has 5 nitrogen and oxygen atoms in total. The Balaban J connectivity index is 1.67. The predicted octanol–water partition coefficient (Wildman–Crippen LogP) is 7.14. The number of anilines is 2. The number of Topliss-reactive ketones (excluding diaryl/α,β-unsaturated/α-hetero) is 1. The topological polar surface area (TPSA) is 52.7 Å². The predicted molar refractivity (Wildman–Crippen MR) is 147 cm³/mol. The minimum atomic E-state index is -0.632. The molecule has 7 heteroatoms. The maximum absolute atomic E-state index is 13.7. The molecule has 2 heterocycles. The summed E-state index contributed by atoms with van der Waals surface area (Å²) in [5.74, 6) is -0.110. The van der Waals surface area contributed by atoms with E-state index >= 15 is 0 Å². The Morgan fingerprint density at radius 2 is 1.81 bits per heavy atom. The first-order valence-electron chi connectivity index (χ1n) is 12.8. The first-order chi connectivity index (χ1) is 17.1. The molecule has 2 aliphatic heterocycles. The summed E-state index contributed by atoms with van der Waals surface area (Å²) in [4.78, 5) is 31.2. The average molecular weight is 527 g/mol. The Morgan fingerprint density at radius 1 is 1.06 bits per heavy atom. The van der Waals surface area contributed by atoms with Crippen molar-refractivity contribution in [3.63, 3.8) is 0 Å². The molecule has 1 N–H and O–H groups in total. The third-order valence-corrected chi connectivity index (χ3v) is 8.07. The molecule has 0 saturated carbocycles. The normalized spacial score (nSPS) is 22.0. The van der Waals surface area contributed by atoms with Gasteiger partial charge in [0.2, 0.25) is 5.91 Å². The van der Waals surface area contributed by atoms with E-state index < -0.39 is 6.04 Å². The van der Waals surface area contributed by atoms with E-state index in [2.05, 4.69) is 36.2 Å². The van der Waals surface area contributed by atoms with Gasteiger partial charge in [0, 0.05) is 41.2 Å². The van der Waals surface area contributed by atoms with Gasteiger partial charge in [-0.2, -0.15) is 0 Å². The van der Waals surface area contributed by atoms with Crippen molar-refractivity contribution in [1.29, 1.82) is 0 Å². The summed E-state index contributed by atoms with van der Waals surface area (Å²) in [5.41, 5.74) is 4.79. The maximum Gasteiger partial charge on any atom is 0.224 e. The molecule has 1 unspecified atom stereocenters. The van der Waals surface area contributed by atoms with E-state index in [1.165, 1.54) is 24.8 Å². The number of amides is 1. The molecular formula is C29H33Cl2N3O2. The van der Waals surface area contributed by atoms with Gasteiger partial charge in [-0.15, -0.1) is 0 Å². The Kier molecular flexibility index (Phi) is 6.92. The lowest BCUT2D eigenvalue weighted by molar-refractivity contribution is -0.118. The summed E-state index contributed by atoms with van der Waals surface area (Å²) < 4.78 is 0. The van der Waals surface area contributed by atoms with Crippen LogP contribution in [0.4, 0.5) is 11.4 Å². The second kappa shape index (κ2) is 9.85. The fourth-order valence-corrected chi connectivity index (χ4v) is 6.44. The highest BCUT2D eigenvalue weighted by molar-refractivity contribution is 6.35. The van der Waals surface area contributed by atoms with Crippen LogP contribution in [-0.4, -0.2) is 29.7 Å². The fraction of sp³-hybridized carbons (Fsp3) is 0.448. The SMILES string of the molecule is CC(=O)N1c2ccc(CN3CCCCC3)cc2NC2=C(C(=O)CC(C)(C)C2)C1c1ccc(Cl)cc1Cl. The minimum Gasteiger partial charge on any atom is -0.357 e. The van der Waals surface area contributed by atoms with Gasteiger partial charge in [-0.1, -0.05) is 55.6 Å². The third-order valence-electron chi connectivity index (χ3n) is 7.51.